The van der Waals surface area contributed by atoms with Gasteiger partial charge in [0.2, 0.25) is 5.95 Å². The van der Waals surface area contributed by atoms with E-state index >= 15 is 4.39 Å². The fraction of sp³-hybridized carbons (Fsp3) is 0.400. The maximum Gasteiger partial charge on any atom is 0.251 e. The number of alkyl halides is 1. The monoisotopic (exact) mass is 501 g/mol. The number of carbonyl (C=O) groups excluding carboxylic acids is 1. The first-order chi connectivity index (χ1) is 16.9. The largest absolute Gasteiger partial charge is 0.381 e. The summed E-state index contributed by atoms with van der Waals surface area (Å²) in [6.07, 6.45) is 4.27. The smallest absolute Gasteiger partial charge is 0.251 e. The molecule has 2 atom stereocenters. The lowest BCUT2D eigenvalue weighted by Gasteiger charge is -2.31. The van der Waals surface area contributed by atoms with Crippen molar-refractivity contribution in [1.29, 1.82) is 0 Å². The third-order valence-electron chi connectivity index (χ3n) is 6.55. The highest BCUT2D eigenvalue weighted by Crippen LogP contribution is 2.36. The Kier molecular flexibility index (Phi) is 6.82. The molecule has 0 aliphatic carbocycles. The highest BCUT2D eigenvalue weighted by Gasteiger charge is 2.43. The van der Waals surface area contributed by atoms with E-state index in [-0.39, 0.29) is 17.5 Å². The Morgan fingerprint density at radius 1 is 1.23 bits per heavy atom. The molecule has 0 spiro atoms. The quantitative estimate of drug-likeness (QED) is 0.430. The van der Waals surface area contributed by atoms with Gasteiger partial charge in [-0.15, -0.1) is 0 Å². The zero-order valence-electron chi connectivity index (χ0n) is 19.0. The van der Waals surface area contributed by atoms with Gasteiger partial charge in [-0.05, 0) is 62.1 Å². The van der Waals surface area contributed by atoms with E-state index in [1.807, 2.05) is 0 Å². The molecule has 0 saturated carbocycles. The van der Waals surface area contributed by atoms with Crippen LogP contribution in [0.25, 0.3) is 10.9 Å². The van der Waals surface area contributed by atoms with Crippen LogP contribution in [0, 0.1) is 5.82 Å². The van der Waals surface area contributed by atoms with E-state index in [0.29, 0.717) is 48.8 Å². The molecule has 2 aromatic carbocycles. The zero-order chi connectivity index (χ0) is 24.4. The molecule has 3 aromatic rings. The summed E-state index contributed by atoms with van der Waals surface area (Å²) in [5.41, 5.74) is 1.30. The summed E-state index contributed by atoms with van der Waals surface area (Å²) < 4.78 is 34.9. The molecule has 2 saturated heterocycles. The lowest BCUT2D eigenvalue weighted by atomic mass is 9.95. The van der Waals surface area contributed by atoms with Gasteiger partial charge in [0.05, 0.1) is 10.5 Å². The van der Waals surface area contributed by atoms with Gasteiger partial charge in [0.15, 0.2) is 5.79 Å². The van der Waals surface area contributed by atoms with Gasteiger partial charge in [-0.2, -0.15) is 0 Å². The van der Waals surface area contributed by atoms with Crippen molar-refractivity contribution in [2.24, 2.45) is 0 Å². The average molecular weight is 502 g/mol. The van der Waals surface area contributed by atoms with Gasteiger partial charge in [0.25, 0.3) is 5.91 Å². The van der Waals surface area contributed by atoms with E-state index in [1.165, 1.54) is 18.2 Å². The Bertz CT molecular complexity index is 1230. The maximum absolute atomic E-state index is 15.8. The SMILES string of the molecule is O=C(NC(c1ccc(F)c(Cl)c1)C1(F)CCCN1)c1ccc2cnc(NC3CCOCC3)nc2c1. The zero-order valence-corrected chi connectivity index (χ0v) is 19.7. The van der Waals surface area contributed by atoms with Crippen molar-refractivity contribution in [2.75, 3.05) is 25.1 Å². The number of halogens is 3. The molecule has 10 heteroatoms. The standard InChI is InChI=1S/C25H26ClF2N5O2/c26-19-12-15(4-5-20(19)27)22(25(28)8-1-9-30-25)33-23(34)16-2-3-17-14-29-24(32-21(17)13-16)31-18-6-10-35-11-7-18/h2-5,12-14,18,22,30H,1,6-11H2,(H,33,34)(H,29,31,32). The number of nitrogens with zero attached hydrogens (tertiary/aromatic N) is 2. The van der Waals surface area contributed by atoms with Crippen LogP contribution in [-0.4, -0.2) is 47.5 Å². The molecule has 1 aromatic heterocycles. The summed E-state index contributed by atoms with van der Waals surface area (Å²) in [6, 6.07) is 8.20. The van der Waals surface area contributed by atoms with Gasteiger partial charge in [0, 0.05) is 36.4 Å². The number of fused-ring (bicyclic) bond motifs is 1. The molecule has 0 radical (unpaired) electrons. The summed E-state index contributed by atoms with van der Waals surface area (Å²) in [6.45, 7) is 1.87. The van der Waals surface area contributed by atoms with Gasteiger partial charge < -0.3 is 15.4 Å². The summed E-state index contributed by atoms with van der Waals surface area (Å²) >= 11 is 5.96. The molecule has 2 aliphatic heterocycles. The molecular formula is C25H26ClF2N5O2. The molecule has 2 aliphatic rings. The van der Waals surface area contributed by atoms with Gasteiger partial charge >= 0.3 is 0 Å². The molecule has 3 heterocycles. The Morgan fingerprint density at radius 2 is 2.06 bits per heavy atom. The molecule has 2 unspecified atom stereocenters. The predicted molar refractivity (Wildman–Crippen MR) is 130 cm³/mol. The number of hydrogen-bond acceptors (Lipinski definition) is 6. The van der Waals surface area contributed by atoms with Crippen LogP contribution in [0.4, 0.5) is 14.7 Å². The van der Waals surface area contributed by atoms with Gasteiger partial charge in [-0.3, -0.25) is 10.1 Å². The van der Waals surface area contributed by atoms with Crippen LogP contribution in [-0.2, 0) is 4.74 Å². The van der Waals surface area contributed by atoms with E-state index in [2.05, 4.69) is 25.9 Å². The molecule has 2 fully saturated rings. The highest BCUT2D eigenvalue weighted by atomic mass is 35.5. The van der Waals surface area contributed by atoms with Crippen LogP contribution >= 0.6 is 11.6 Å². The van der Waals surface area contributed by atoms with Crippen LogP contribution in [0.1, 0.15) is 47.6 Å². The van der Waals surface area contributed by atoms with Crippen molar-refractivity contribution >= 4 is 34.4 Å². The van der Waals surface area contributed by atoms with Crippen LogP contribution in [0.2, 0.25) is 5.02 Å². The number of benzene rings is 2. The van der Waals surface area contributed by atoms with Crippen LogP contribution < -0.4 is 16.0 Å². The molecule has 184 valence electrons. The first-order valence-electron chi connectivity index (χ1n) is 11.7. The van der Waals surface area contributed by atoms with Crippen molar-refractivity contribution in [3.05, 3.63) is 64.6 Å². The number of hydrogen-bond donors (Lipinski definition) is 3. The minimum Gasteiger partial charge on any atom is -0.381 e. The number of anilines is 1. The second-order valence-electron chi connectivity index (χ2n) is 8.97. The Hall–Kier alpha value is -2.88. The molecule has 3 N–H and O–H groups in total. The second-order valence-corrected chi connectivity index (χ2v) is 9.38. The Balaban J connectivity index is 1.40. The number of ether oxygens (including phenoxy) is 1. The second kappa shape index (κ2) is 10.0. The third-order valence-corrected chi connectivity index (χ3v) is 6.84. The lowest BCUT2D eigenvalue weighted by molar-refractivity contribution is 0.0681. The van der Waals surface area contributed by atoms with Crippen molar-refractivity contribution < 1.29 is 18.3 Å². The first-order valence-corrected chi connectivity index (χ1v) is 12.1. The number of rotatable bonds is 6. The maximum atomic E-state index is 15.8. The fourth-order valence-corrected chi connectivity index (χ4v) is 4.79. The van der Waals surface area contributed by atoms with E-state index in [1.54, 1.807) is 24.4 Å². The van der Waals surface area contributed by atoms with Crippen molar-refractivity contribution in [2.45, 2.75) is 43.6 Å². The highest BCUT2D eigenvalue weighted by molar-refractivity contribution is 6.30. The number of aromatic nitrogens is 2. The summed E-state index contributed by atoms with van der Waals surface area (Å²) in [5, 5.41) is 9.61. The van der Waals surface area contributed by atoms with Crippen LogP contribution in [0.15, 0.2) is 42.6 Å². The number of amides is 1. The molecule has 7 nitrogen and oxygen atoms in total. The normalized spacial score (nSPS) is 21.7. The summed E-state index contributed by atoms with van der Waals surface area (Å²) in [5.74, 6) is -2.47. The Labute approximate surface area is 206 Å². The number of nitrogens with one attached hydrogen (secondary N) is 3. The average Bonchev–Trinajstić information content (AvgIpc) is 3.31. The lowest BCUT2D eigenvalue weighted by Crippen LogP contribution is -2.49. The van der Waals surface area contributed by atoms with Crippen molar-refractivity contribution in [3.8, 4) is 0 Å². The minimum absolute atomic E-state index is 0.129. The number of carbonyl (C=O) groups is 1. The van der Waals surface area contributed by atoms with E-state index in [0.717, 1.165) is 18.2 Å². The van der Waals surface area contributed by atoms with Gasteiger partial charge in [-0.25, -0.2) is 18.7 Å². The molecule has 35 heavy (non-hydrogen) atoms. The van der Waals surface area contributed by atoms with Crippen molar-refractivity contribution in [3.63, 3.8) is 0 Å². The van der Waals surface area contributed by atoms with E-state index in [9.17, 15) is 9.18 Å². The van der Waals surface area contributed by atoms with Gasteiger partial charge in [-0.1, -0.05) is 23.7 Å². The summed E-state index contributed by atoms with van der Waals surface area (Å²) in [4.78, 5) is 22.2. The van der Waals surface area contributed by atoms with E-state index in [4.69, 9.17) is 16.3 Å². The third kappa shape index (κ3) is 5.22. The van der Waals surface area contributed by atoms with E-state index < -0.39 is 23.6 Å². The van der Waals surface area contributed by atoms with Gasteiger partial charge in [0.1, 0.15) is 11.9 Å². The van der Waals surface area contributed by atoms with Crippen LogP contribution in [0.3, 0.4) is 0 Å². The Morgan fingerprint density at radius 3 is 2.80 bits per heavy atom. The molecular weight excluding hydrogens is 476 g/mol. The molecule has 0 bridgehead atoms. The van der Waals surface area contributed by atoms with Crippen LogP contribution in [0.5, 0.6) is 0 Å². The fourth-order valence-electron chi connectivity index (χ4n) is 4.60. The minimum atomic E-state index is -1.88. The van der Waals surface area contributed by atoms with Crippen molar-refractivity contribution in [1.82, 2.24) is 20.6 Å². The topological polar surface area (TPSA) is 88.2 Å². The molecule has 1 amide bonds. The molecule has 5 rings (SSSR count). The first kappa shape index (κ1) is 23.8. The predicted octanol–water partition coefficient (Wildman–Crippen LogP) is 4.53. The summed E-state index contributed by atoms with van der Waals surface area (Å²) in [7, 11) is 0.